The number of halogens is 1. The number of Topliss-reactive ketones (excluding diaryl/α,β-unsaturated/α-hetero) is 1. The number of benzene rings is 2. The molecule has 1 heterocycles. The minimum atomic E-state index is -1.15. The van der Waals surface area contributed by atoms with E-state index in [1.54, 1.807) is 43.3 Å². The Bertz CT molecular complexity index is 875. The van der Waals surface area contributed by atoms with Crippen molar-refractivity contribution in [1.29, 1.82) is 0 Å². The average molecular weight is 358 g/mol. The number of nitrogens with zero attached hydrogens (tertiary/aromatic N) is 1. The fourth-order valence-electron chi connectivity index (χ4n) is 2.79. The molecule has 25 heavy (non-hydrogen) atoms. The van der Waals surface area contributed by atoms with E-state index in [1.807, 2.05) is 0 Å². The molecular formula is C19H16ClNO4. The predicted molar refractivity (Wildman–Crippen MR) is 95.1 cm³/mol. The molecule has 0 amide bonds. The Morgan fingerprint density at radius 3 is 2.68 bits per heavy atom. The van der Waals surface area contributed by atoms with E-state index < -0.39 is 11.9 Å². The minimum absolute atomic E-state index is 0.171. The summed E-state index contributed by atoms with van der Waals surface area (Å²) in [6.07, 6.45) is 0. The molecular weight excluding hydrogens is 342 g/mol. The number of fused-ring (bicyclic) bond motifs is 1. The number of carbonyl (C=O) groups excluding carboxylic acids is 2. The molecule has 6 heteroatoms. The molecule has 1 aliphatic rings. The van der Waals surface area contributed by atoms with Crippen LogP contribution >= 0.6 is 11.6 Å². The summed E-state index contributed by atoms with van der Waals surface area (Å²) >= 11 is 5.99. The fourth-order valence-corrected chi connectivity index (χ4v) is 2.97. The number of ketones is 1. The molecule has 0 saturated carbocycles. The van der Waals surface area contributed by atoms with Gasteiger partial charge in [-0.3, -0.25) is 14.6 Å². The Labute approximate surface area is 150 Å². The highest BCUT2D eigenvalue weighted by molar-refractivity contribution is 6.34. The van der Waals surface area contributed by atoms with E-state index in [0.29, 0.717) is 33.3 Å². The van der Waals surface area contributed by atoms with E-state index in [9.17, 15) is 9.59 Å². The molecule has 1 atom stereocenters. The first-order valence-corrected chi connectivity index (χ1v) is 8.17. The van der Waals surface area contributed by atoms with E-state index in [-0.39, 0.29) is 12.4 Å². The van der Waals surface area contributed by atoms with Crippen LogP contribution in [0.4, 0.5) is 5.69 Å². The van der Waals surface area contributed by atoms with Crippen molar-refractivity contribution >= 4 is 34.8 Å². The number of hydrogen-bond acceptors (Lipinski definition) is 5. The monoisotopic (exact) mass is 357 g/mol. The topological polar surface area (TPSA) is 65.0 Å². The van der Waals surface area contributed by atoms with Gasteiger partial charge in [0, 0.05) is 16.1 Å². The van der Waals surface area contributed by atoms with Gasteiger partial charge in [0.05, 0.1) is 25.1 Å². The summed E-state index contributed by atoms with van der Waals surface area (Å²) in [6, 6.07) is 12.0. The molecule has 0 aromatic heterocycles. The summed E-state index contributed by atoms with van der Waals surface area (Å²) in [5, 5.41) is 0.408. The van der Waals surface area contributed by atoms with Gasteiger partial charge >= 0.3 is 5.97 Å². The third-order valence-corrected chi connectivity index (χ3v) is 4.14. The molecule has 0 saturated heterocycles. The summed E-state index contributed by atoms with van der Waals surface area (Å²) in [5.74, 6) is -1.64. The summed E-state index contributed by atoms with van der Waals surface area (Å²) in [5.41, 5.74) is 1.67. The molecule has 1 unspecified atom stereocenters. The Morgan fingerprint density at radius 1 is 1.20 bits per heavy atom. The lowest BCUT2D eigenvalue weighted by atomic mass is 9.85. The van der Waals surface area contributed by atoms with Gasteiger partial charge in [-0.25, -0.2) is 0 Å². The van der Waals surface area contributed by atoms with E-state index in [0.717, 1.165) is 0 Å². The maximum absolute atomic E-state index is 13.0. The van der Waals surface area contributed by atoms with Crippen LogP contribution in [0, 0.1) is 5.92 Å². The molecule has 2 aromatic carbocycles. The molecule has 0 spiro atoms. The summed E-state index contributed by atoms with van der Waals surface area (Å²) in [4.78, 5) is 30.0. The van der Waals surface area contributed by atoms with Gasteiger partial charge in [-0.05, 0) is 37.3 Å². The van der Waals surface area contributed by atoms with Gasteiger partial charge in [-0.15, -0.1) is 0 Å². The van der Waals surface area contributed by atoms with Gasteiger partial charge in [0.1, 0.15) is 5.75 Å². The minimum Gasteiger partial charge on any atom is -0.496 e. The molecule has 0 radical (unpaired) electrons. The number of para-hydroxylation sites is 1. The standard InChI is InChI=1S/C19H16ClNO4/c1-3-25-19(23)16-17(12-6-4-5-7-15(12)24-2)21-14-9-8-11(20)10-13(14)18(16)22/h4-10,16H,3H2,1-2H3. The molecule has 3 rings (SSSR count). The van der Waals surface area contributed by atoms with Crippen molar-refractivity contribution in [1.82, 2.24) is 0 Å². The van der Waals surface area contributed by atoms with Gasteiger partial charge in [-0.1, -0.05) is 23.7 Å². The van der Waals surface area contributed by atoms with E-state index in [1.165, 1.54) is 13.2 Å². The summed E-state index contributed by atoms with van der Waals surface area (Å²) in [7, 11) is 1.52. The maximum atomic E-state index is 13.0. The molecule has 0 bridgehead atoms. The molecule has 0 N–H and O–H groups in total. The van der Waals surface area contributed by atoms with Gasteiger partial charge in [0.15, 0.2) is 11.7 Å². The number of carbonyl (C=O) groups is 2. The highest BCUT2D eigenvalue weighted by atomic mass is 35.5. The summed E-state index contributed by atoms with van der Waals surface area (Å²) in [6.45, 7) is 1.86. The number of ether oxygens (including phenoxy) is 2. The van der Waals surface area contributed by atoms with E-state index in [2.05, 4.69) is 4.99 Å². The van der Waals surface area contributed by atoms with E-state index >= 15 is 0 Å². The zero-order valence-electron chi connectivity index (χ0n) is 13.8. The largest absolute Gasteiger partial charge is 0.496 e. The number of hydrogen-bond donors (Lipinski definition) is 0. The van der Waals surface area contributed by atoms with Crippen molar-refractivity contribution in [3.63, 3.8) is 0 Å². The van der Waals surface area contributed by atoms with Crippen LogP contribution in [0.25, 0.3) is 0 Å². The second-order valence-electron chi connectivity index (χ2n) is 5.41. The first-order chi connectivity index (χ1) is 12.1. The highest BCUT2D eigenvalue weighted by Gasteiger charge is 2.39. The van der Waals surface area contributed by atoms with Crippen LogP contribution in [0.15, 0.2) is 47.5 Å². The zero-order chi connectivity index (χ0) is 18.0. The lowest BCUT2D eigenvalue weighted by molar-refractivity contribution is -0.144. The number of aliphatic imine (C=N–C) groups is 1. The van der Waals surface area contributed by atoms with Crippen LogP contribution in [-0.2, 0) is 9.53 Å². The highest BCUT2D eigenvalue weighted by Crippen LogP contribution is 2.35. The van der Waals surface area contributed by atoms with Crippen molar-refractivity contribution in [2.24, 2.45) is 10.9 Å². The molecule has 1 aliphatic heterocycles. The van der Waals surface area contributed by atoms with Crippen molar-refractivity contribution < 1.29 is 19.1 Å². The van der Waals surface area contributed by atoms with Gasteiger partial charge in [0.2, 0.25) is 0 Å². The Kier molecular flexibility index (Phi) is 4.86. The Morgan fingerprint density at radius 2 is 1.96 bits per heavy atom. The number of rotatable bonds is 4. The quantitative estimate of drug-likeness (QED) is 0.616. The smallest absolute Gasteiger partial charge is 0.323 e. The van der Waals surface area contributed by atoms with Crippen LogP contribution in [0.1, 0.15) is 22.8 Å². The van der Waals surface area contributed by atoms with Crippen LogP contribution in [0.5, 0.6) is 5.75 Å². The van der Waals surface area contributed by atoms with Crippen molar-refractivity contribution in [3.8, 4) is 5.75 Å². The molecule has 2 aromatic rings. The van der Waals surface area contributed by atoms with Crippen LogP contribution < -0.4 is 4.74 Å². The first-order valence-electron chi connectivity index (χ1n) is 7.79. The summed E-state index contributed by atoms with van der Waals surface area (Å²) < 4.78 is 10.5. The zero-order valence-corrected chi connectivity index (χ0v) is 14.5. The fraction of sp³-hybridized carbons (Fsp3) is 0.211. The third-order valence-electron chi connectivity index (χ3n) is 3.91. The SMILES string of the molecule is CCOC(=O)C1C(=O)c2cc(Cl)ccc2N=C1c1ccccc1OC. The number of methoxy groups -OCH3 is 1. The lowest BCUT2D eigenvalue weighted by Crippen LogP contribution is -2.36. The molecule has 0 fully saturated rings. The molecule has 5 nitrogen and oxygen atoms in total. The maximum Gasteiger partial charge on any atom is 0.323 e. The Hall–Kier alpha value is -2.66. The number of esters is 1. The predicted octanol–water partition coefficient (Wildman–Crippen LogP) is 3.85. The Balaban J connectivity index is 2.22. The van der Waals surface area contributed by atoms with Crippen LogP contribution in [0.3, 0.4) is 0 Å². The first kappa shape index (κ1) is 17.2. The second kappa shape index (κ2) is 7.07. The normalized spacial score (nSPS) is 16.0. The van der Waals surface area contributed by atoms with Gasteiger partial charge in [-0.2, -0.15) is 0 Å². The van der Waals surface area contributed by atoms with Crippen LogP contribution in [-0.4, -0.2) is 31.2 Å². The third kappa shape index (κ3) is 3.15. The van der Waals surface area contributed by atoms with Crippen molar-refractivity contribution in [2.45, 2.75) is 6.92 Å². The second-order valence-corrected chi connectivity index (χ2v) is 5.84. The van der Waals surface area contributed by atoms with Gasteiger partial charge in [0.25, 0.3) is 0 Å². The van der Waals surface area contributed by atoms with Crippen molar-refractivity contribution in [3.05, 3.63) is 58.6 Å². The molecule has 128 valence electrons. The van der Waals surface area contributed by atoms with Crippen molar-refractivity contribution in [2.75, 3.05) is 13.7 Å². The average Bonchev–Trinajstić information content (AvgIpc) is 2.62. The lowest BCUT2D eigenvalue weighted by Gasteiger charge is -2.23. The van der Waals surface area contributed by atoms with Gasteiger partial charge < -0.3 is 9.47 Å². The molecule has 0 aliphatic carbocycles. The van der Waals surface area contributed by atoms with E-state index in [4.69, 9.17) is 21.1 Å². The van der Waals surface area contributed by atoms with Crippen LogP contribution in [0.2, 0.25) is 5.02 Å².